The molecule has 0 saturated carbocycles. The molecule has 1 aliphatic rings. The van der Waals surface area contributed by atoms with Gasteiger partial charge in [0.1, 0.15) is 11.6 Å². The average Bonchev–Trinajstić information content (AvgIpc) is 2.41. The highest BCUT2D eigenvalue weighted by Gasteiger charge is 2.21. The summed E-state index contributed by atoms with van der Waals surface area (Å²) in [5.41, 5.74) is 0.388. The van der Waals surface area contributed by atoms with Gasteiger partial charge in [-0.25, -0.2) is 8.78 Å². The van der Waals surface area contributed by atoms with Gasteiger partial charge in [-0.3, -0.25) is 0 Å². The molecular formula is C15H21F2NO. The van der Waals surface area contributed by atoms with Crippen LogP contribution in [0.2, 0.25) is 0 Å². The van der Waals surface area contributed by atoms with Gasteiger partial charge in [0.25, 0.3) is 0 Å². The van der Waals surface area contributed by atoms with Gasteiger partial charge in [0.2, 0.25) is 0 Å². The Morgan fingerprint density at radius 2 is 2.21 bits per heavy atom. The number of rotatable bonds is 5. The van der Waals surface area contributed by atoms with Gasteiger partial charge in [-0.2, -0.15) is 0 Å². The third-order valence-electron chi connectivity index (χ3n) is 3.57. The number of halogens is 2. The monoisotopic (exact) mass is 269 g/mol. The highest BCUT2D eigenvalue weighted by Crippen LogP contribution is 2.18. The molecular weight excluding hydrogens is 248 g/mol. The standard InChI is InChI=1S/C15H21F2NO/c1-2-3-14-9-13(6-7-19-14)18-10-11-8-12(16)4-5-15(11)17/h4-5,8,13-14,18H,2-3,6-7,9-10H2,1H3. The van der Waals surface area contributed by atoms with Crippen molar-refractivity contribution in [1.29, 1.82) is 0 Å². The normalized spacial score (nSPS) is 23.5. The molecule has 1 aliphatic heterocycles. The summed E-state index contributed by atoms with van der Waals surface area (Å²) < 4.78 is 32.2. The van der Waals surface area contributed by atoms with E-state index in [2.05, 4.69) is 12.2 Å². The quantitative estimate of drug-likeness (QED) is 0.884. The maximum Gasteiger partial charge on any atom is 0.127 e. The van der Waals surface area contributed by atoms with Gasteiger partial charge in [-0.1, -0.05) is 13.3 Å². The number of ether oxygens (including phenoxy) is 1. The van der Waals surface area contributed by atoms with Crippen LogP contribution in [-0.4, -0.2) is 18.8 Å². The lowest BCUT2D eigenvalue weighted by atomic mass is 10.00. The van der Waals surface area contributed by atoms with Crippen LogP contribution in [0.25, 0.3) is 0 Å². The molecule has 1 heterocycles. The SMILES string of the molecule is CCCC1CC(NCc2cc(F)ccc2F)CCO1. The Morgan fingerprint density at radius 3 is 3.00 bits per heavy atom. The summed E-state index contributed by atoms with van der Waals surface area (Å²) in [4.78, 5) is 0. The van der Waals surface area contributed by atoms with Crippen molar-refractivity contribution in [2.45, 2.75) is 51.3 Å². The first-order valence-corrected chi connectivity index (χ1v) is 6.98. The lowest BCUT2D eigenvalue weighted by Gasteiger charge is -2.30. The first kappa shape index (κ1) is 14.4. The zero-order chi connectivity index (χ0) is 13.7. The first-order chi connectivity index (χ1) is 9.19. The van der Waals surface area contributed by atoms with Crippen LogP contribution in [0.3, 0.4) is 0 Å². The molecule has 19 heavy (non-hydrogen) atoms. The van der Waals surface area contributed by atoms with Crippen molar-refractivity contribution in [3.8, 4) is 0 Å². The summed E-state index contributed by atoms with van der Waals surface area (Å²) in [6.07, 6.45) is 4.35. The van der Waals surface area contributed by atoms with E-state index < -0.39 is 5.82 Å². The minimum Gasteiger partial charge on any atom is -0.378 e. The molecule has 2 atom stereocenters. The van der Waals surface area contributed by atoms with E-state index in [0.29, 0.717) is 24.3 Å². The third-order valence-corrected chi connectivity index (χ3v) is 3.57. The molecule has 0 amide bonds. The topological polar surface area (TPSA) is 21.3 Å². The zero-order valence-corrected chi connectivity index (χ0v) is 11.3. The summed E-state index contributed by atoms with van der Waals surface area (Å²) in [5.74, 6) is -0.750. The maximum atomic E-state index is 13.5. The second kappa shape index (κ2) is 6.96. The van der Waals surface area contributed by atoms with Crippen molar-refractivity contribution in [3.05, 3.63) is 35.4 Å². The van der Waals surface area contributed by atoms with Gasteiger partial charge in [0.15, 0.2) is 0 Å². The van der Waals surface area contributed by atoms with Crippen LogP contribution in [0.5, 0.6) is 0 Å². The number of hydrogen-bond donors (Lipinski definition) is 1. The van der Waals surface area contributed by atoms with E-state index in [1.807, 2.05) is 0 Å². The molecule has 0 aliphatic carbocycles. The molecule has 0 spiro atoms. The highest BCUT2D eigenvalue weighted by molar-refractivity contribution is 5.18. The largest absolute Gasteiger partial charge is 0.378 e. The van der Waals surface area contributed by atoms with E-state index in [0.717, 1.165) is 38.4 Å². The van der Waals surface area contributed by atoms with E-state index in [1.54, 1.807) is 0 Å². The molecule has 2 unspecified atom stereocenters. The average molecular weight is 269 g/mol. The number of hydrogen-bond acceptors (Lipinski definition) is 2. The lowest BCUT2D eigenvalue weighted by Crippen LogP contribution is -2.38. The van der Waals surface area contributed by atoms with Crippen LogP contribution < -0.4 is 5.32 Å². The second-order valence-electron chi connectivity index (χ2n) is 5.12. The predicted octanol–water partition coefficient (Wildman–Crippen LogP) is 3.40. The van der Waals surface area contributed by atoms with Crippen molar-refractivity contribution in [2.24, 2.45) is 0 Å². The summed E-state index contributed by atoms with van der Waals surface area (Å²) >= 11 is 0. The Labute approximate surface area is 113 Å². The van der Waals surface area contributed by atoms with E-state index in [4.69, 9.17) is 4.74 Å². The maximum absolute atomic E-state index is 13.5. The molecule has 2 rings (SSSR count). The fourth-order valence-corrected chi connectivity index (χ4v) is 2.52. The van der Waals surface area contributed by atoms with Crippen molar-refractivity contribution >= 4 is 0 Å². The number of benzene rings is 1. The van der Waals surface area contributed by atoms with Crippen LogP contribution in [-0.2, 0) is 11.3 Å². The predicted molar refractivity (Wildman–Crippen MR) is 70.9 cm³/mol. The summed E-state index contributed by atoms with van der Waals surface area (Å²) in [6.45, 7) is 3.25. The summed E-state index contributed by atoms with van der Waals surface area (Å²) in [7, 11) is 0. The van der Waals surface area contributed by atoms with Gasteiger partial charge < -0.3 is 10.1 Å². The highest BCUT2D eigenvalue weighted by atomic mass is 19.1. The summed E-state index contributed by atoms with van der Waals surface area (Å²) in [5, 5.41) is 3.31. The Morgan fingerprint density at radius 1 is 1.37 bits per heavy atom. The molecule has 4 heteroatoms. The van der Waals surface area contributed by atoms with Crippen LogP contribution in [0.4, 0.5) is 8.78 Å². The van der Waals surface area contributed by atoms with Crippen LogP contribution >= 0.6 is 0 Å². The van der Waals surface area contributed by atoms with Crippen molar-refractivity contribution in [3.63, 3.8) is 0 Å². The smallest absolute Gasteiger partial charge is 0.127 e. The lowest BCUT2D eigenvalue weighted by molar-refractivity contribution is -0.00346. The van der Waals surface area contributed by atoms with Gasteiger partial charge in [-0.05, 0) is 37.5 Å². The van der Waals surface area contributed by atoms with Crippen LogP contribution in [0, 0.1) is 11.6 Å². The van der Waals surface area contributed by atoms with Gasteiger partial charge in [0, 0.05) is 24.8 Å². The molecule has 1 saturated heterocycles. The first-order valence-electron chi connectivity index (χ1n) is 6.98. The van der Waals surface area contributed by atoms with E-state index in [-0.39, 0.29) is 5.82 Å². The minimum atomic E-state index is -0.394. The molecule has 0 radical (unpaired) electrons. The molecule has 106 valence electrons. The van der Waals surface area contributed by atoms with Gasteiger partial charge in [-0.15, -0.1) is 0 Å². The molecule has 1 aromatic rings. The van der Waals surface area contributed by atoms with E-state index >= 15 is 0 Å². The Kier molecular flexibility index (Phi) is 5.28. The summed E-state index contributed by atoms with van der Waals surface area (Å²) in [6, 6.07) is 3.90. The molecule has 1 fully saturated rings. The fraction of sp³-hybridized carbons (Fsp3) is 0.600. The van der Waals surface area contributed by atoms with Gasteiger partial charge in [0.05, 0.1) is 6.10 Å². The van der Waals surface area contributed by atoms with Crippen molar-refractivity contribution < 1.29 is 13.5 Å². The van der Waals surface area contributed by atoms with Crippen molar-refractivity contribution in [1.82, 2.24) is 5.32 Å². The van der Waals surface area contributed by atoms with Gasteiger partial charge >= 0.3 is 0 Å². The van der Waals surface area contributed by atoms with Crippen LogP contribution in [0.15, 0.2) is 18.2 Å². The molecule has 0 bridgehead atoms. The number of nitrogens with one attached hydrogen (secondary N) is 1. The minimum absolute atomic E-state index is 0.300. The fourth-order valence-electron chi connectivity index (χ4n) is 2.52. The Hall–Kier alpha value is -1.00. The Bertz CT molecular complexity index is 409. The molecule has 0 aromatic heterocycles. The zero-order valence-electron chi connectivity index (χ0n) is 11.3. The van der Waals surface area contributed by atoms with Crippen molar-refractivity contribution in [2.75, 3.05) is 6.61 Å². The molecule has 2 nitrogen and oxygen atoms in total. The molecule has 1 aromatic carbocycles. The van der Waals surface area contributed by atoms with E-state index in [9.17, 15) is 8.78 Å². The van der Waals surface area contributed by atoms with Crippen LogP contribution in [0.1, 0.15) is 38.2 Å². The van der Waals surface area contributed by atoms with E-state index in [1.165, 1.54) is 12.1 Å². The third kappa shape index (κ3) is 4.25. The molecule has 1 N–H and O–H groups in total. The Balaban J connectivity index is 1.86. The second-order valence-corrected chi connectivity index (χ2v) is 5.12.